The molecule has 0 spiro atoms. The fraction of sp³-hybridized carbons (Fsp3) is 0.640. The van der Waals surface area contributed by atoms with E-state index in [1.54, 1.807) is 5.48 Å². The molecule has 2 rings (SSSR count). The van der Waals surface area contributed by atoms with E-state index in [-0.39, 0.29) is 18.4 Å². The number of hydrogen-bond donors (Lipinski definition) is 4. The van der Waals surface area contributed by atoms with Gasteiger partial charge in [0.15, 0.2) is 0 Å². The van der Waals surface area contributed by atoms with Gasteiger partial charge in [0.1, 0.15) is 12.1 Å². The number of hydrogen-bond acceptors (Lipinski definition) is 5. The van der Waals surface area contributed by atoms with Gasteiger partial charge in [0, 0.05) is 13.7 Å². The molecular formula is C25H39N3O5. The fourth-order valence-electron chi connectivity index (χ4n) is 4.45. The average molecular weight is 462 g/mol. The summed E-state index contributed by atoms with van der Waals surface area (Å²) in [6, 6.07) is 7.48. The SMILES string of the molecule is CCCO[C@H](C(=O)NO)[C@@H](C[C@@H]1CCc2ccccc2C1)C(=O)N[C@H](C(=O)NC)C(C)(C)C. The van der Waals surface area contributed by atoms with E-state index in [4.69, 9.17) is 4.74 Å². The smallest absolute Gasteiger partial charge is 0.273 e. The summed E-state index contributed by atoms with van der Waals surface area (Å²) < 4.78 is 5.76. The van der Waals surface area contributed by atoms with Crippen molar-refractivity contribution in [3.8, 4) is 0 Å². The van der Waals surface area contributed by atoms with E-state index in [2.05, 4.69) is 22.8 Å². The number of carbonyl (C=O) groups is 3. The maximum Gasteiger partial charge on any atom is 0.273 e. The number of likely N-dealkylation sites (N-methyl/N-ethyl adjacent to an activating group) is 1. The van der Waals surface area contributed by atoms with Crippen LogP contribution < -0.4 is 16.1 Å². The second-order valence-corrected chi connectivity index (χ2v) is 9.91. The van der Waals surface area contributed by atoms with E-state index in [9.17, 15) is 19.6 Å². The second kappa shape index (κ2) is 12.1. The van der Waals surface area contributed by atoms with Gasteiger partial charge in [-0.1, -0.05) is 52.0 Å². The molecule has 0 saturated carbocycles. The third-order valence-electron chi connectivity index (χ3n) is 6.27. The molecule has 0 radical (unpaired) electrons. The maximum absolute atomic E-state index is 13.5. The molecule has 8 nitrogen and oxygen atoms in total. The summed E-state index contributed by atoms with van der Waals surface area (Å²) >= 11 is 0. The molecule has 0 bridgehead atoms. The van der Waals surface area contributed by atoms with Crippen LogP contribution in [-0.2, 0) is 32.0 Å². The van der Waals surface area contributed by atoms with Crippen LogP contribution in [0.2, 0.25) is 0 Å². The van der Waals surface area contributed by atoms with Crippen molar-refractivity contribution in [2.24, 2.45) is 17.3 Å². The Labute approximate surface area is 196 Å². The van der Waals surface area contributed by atoms with Crippen molar-refractivity contribution in [2.45, 2.75) is 71.9 Å². The summed E-state index contributed by atoms with van der Waals surface area (Å²) in [7, 11) is 1.52. The van der Waals surface area contributed by atoms with Crippen LogP contribution in [0, 0.1) is 17.3 Å². The number of hydroxylamine groups is 1. The maximum atomic E-state index is 13.5. The molecule has 4 atom stereocenters. The first kappa shape index (κ1) is 26.8. The molecule has 0 aromatic heterocycles. The highest BCUT2D eigenvalue weighted by Gasteiger charge is 2.40. The fourth-order valence-corrected chi connectivity index (χ4v) is 4.45. The van der Waals surface area contributed by atoms with Gasteiger partial charge in [0.25, 0.3) is 5.91 Å². The molecule has 8 heteroatoms. The highest BCUT2D eigenvalue weighted by atomic mass is 16.5. The van der Waals surface area contributed by atoms with E-state index >= 15 is 0 Å². The van der Waals surface area contributed by atoms with Gasteiger partial charge in [-0.25, -0.2) is 5.48 Å². The first-order valence-corrected chi connectivity index (χ1v) is 11.8. The molecule has 0 heterocycles. The lowest BCUT2D eigenvalue weighted by atomic mass is 9.77. The standard InChI is InChI=1S/C25H39N3O5/c1-6-13-33-20(23(30)28-32)19(22(29)27-21(24(31)26-5)25(2,3)4)15-16-11-12-17-9-7-8-10-18(17)14-16/h7-10,16,19-21,32H,6,11-15H2,1-5H3,(H,26,31)(H,27,29)(H,28,30)/t16-,19-,20+,21-/m1/s1. The summed E-state index contributed by atoms with van der Waals surface area (Å²) in [6.45, 7) is 7.78. The molecule has 33 heavy (non-hydrogen) atoms. The van der Waals surface area contributed by atoms with Crippen molar-refractivity contribution in [3.63, 3.8) is 0 Å². The Morgan fingerprint density at radius 1 is 1.12 bits per heavy atom. The number of rotatable bonds is 10. The quantitative estimate of drug-likeness (QED) is 0.315. The van der Waals surface area contributed by atoms with Crippen molar-refractivity contribution >= 4 is 17.7 Å². The Balaban J connectivity index is 2.31. The lowest BCUT2D eigenvalue weighted by Gasteiger charge is -2.34. The zero-order valence-corrected chi connectivity index (χ0v) is 20.4. The number of carbonyl (C=O) groups excluding carboxylic acids is 3. The van der Waals surface area contributed by atoms with Crippen LogP contribution in [0.3, 0.4) is 0 Å². The van der Waals surface area contributed by atoms with Gasteiger partial charge in [0.2, 0.25) is 11.8 Å². The summed E-state index contributed by atoms with van der Waals surface area (Å²) in [5.41, 5.74) is 3.69. The predicted molar refractivity (Wildman–Crippen MR) is 125 cm³/mol. The molecule has 0 unspecified atom stereocenters. The number of benzene rings is 1. The Hall–Kier alpha value is -2.45. The van der Waals surface area contributed by atoms with Gasteiger partial charge in [0.05, 0.1) is 5.92 Å². The van der Waals surface area contributed by atoms with E-state index < -0.39 is 35.3 Å². The zero-order valence-electron chi connectivity index (χ0n) is 20.4. The first-order valence-electron chi connectivity index (χ1n) is 11.8. The van der Waals surface area contributed by atoms with Gasteiger partial charge >= 0.3 is 0 Å². The third-order valence-corrected chi connectivity index (χ3v) is 6.27. The minimum absolute atomic E-state index is 0.169. The van der Waals surface area contributed by atoms with Crippen molar-refractivity contribution < 1.29 is 24.3 Å². The van der Waals surface area contributed by atoms with E-state index in [0.29, 0.717) is 12.8 Å². The molecule has 1 aliphatic rings. The van der Waals surface area contributed by atoms with Crippen LogP contribution in [0.4, 0.5) is 0 Å². The van der Waals surface area contributed by atoms with Crippen LogP contribution in [0.5, 0.6) is 0 Å². The minimum atomic E-state index is -1.16. The Kier molecular flexibility index (Phi) is 9.86. The molecular weight excluding hydrogens is 422 g/mol. The molecule has 184 valence electrons. The highest BCUT2D eigenvalue weighted by molar-refractivity contribution is 5.92. The van der Waals surface area contributed by atoms with Gasteiger partial charge in [-0.3, -0.25) is 19.6 Å². The van der Waals surface area contributed by atoms with Crippen LogP contribution in [0.15, 0.2) is 24.3 Å². The number of amides is 3. The number of ether oxygens (including phenoxy) is 1. The Morgan fingerprint density at radius 3 is 2.36 bits per heavy atom. The van der Waals surface area contributed by atoms with Crippen molar-refractivity contribution in [1.82, 2.24) is 16.1 Å². The van der Waals surface area contributed by atoms with Gasteiger partial charge < -0.3 is 15.4 Å². The molecule has 1 aromatic rings. The average Bonchev–Trinajstić information content (AvgIpc) is 2.80. The molecule has 4 N–H and O–H groups in total. The van der Waals surface area contributed by atoms with E-state index in [1.807, 2.05) is 39.8 Å². The summed E-state index contributed by atoms with van der Waals surface area (Å²) in [6.07, 6.45) is 2.51. The van der Waals surface area contributed by atoms with Crippen LogP contribution >= 0.6 is 0 Å². The largest absolute Gasteiger partial charge is 0.367 e. The highest BCUT2D eigenvalue weighted by Crippen LogP contribution is 2.32. The lowest BCUT2D eigenvalue weighted by molar-refractivity contribution is -0.152. The van der Waals surface area contributed by atoms with Gasteiger partial charge in [-0.05, 0) is 54.6 Å². The monoisotopic (exact) mass is 461 g/mol. The molecule has 1 aliphatic carbocycles. The van der Waals surface area contributed by atoms with Crippen LogP contribution in [-0.4, -0.2) is 48.7 Å². The topological polar surface area (TPSA) is 117 Å². The second-order valence-electron chi connectivity index (χ2n) is 9.91. The van der Waals surface area contributed by atoms with Gasteiger partial charge in [-0.15, -0.1) is 0 Å². The number of aryl methyl sites for hydroxylation is 1. The van der Waals surface area contributed by atoms with Crippen molar-refractivity contribution in [2.75, 3.05) is 13.7 Å². The van der Waals surface area contributed by atoms with Crippen molar-refractivity contribution in [1.29, 1.82) is 0 Å². The third kappa shape index (κ3) is 7.27. The van der Waals surface area contributed by atoms with Gasteiger partial charge in [-0.2, -0.15) is 0 Å². The van der Waals surface area contributed by atoms with E-state index in [0.717, 1.165) is 19.3 Å². The zero-order chi connectivity index (χ0) is 24.6. The Bertz CT molecular complexity index is 821. The lowest BCUT2D eigenvalue weighted by Crippen LogP contribution is -2.56. The normalized spacial score (nSPS) is 18.4. The minimum Gasteiger partial charge on any atom is -0.367 e. The van der Waals surface area contributed by atoms with Crippen LogP contribution in [0.1, 0.15) is 58.1 Å². The Morgan fingerprint density at radius 2 is 1.79 bits per heavy atom. The molecule has 3 amide bonds. The van der Waals surface area contributed by atoms with E-state index in [1.165, 1.54) is 18.2 Å². The van der Waals surface area contributed by atoms with Crippen molar-refractivity contribution in [3.05, 3.63) is 35.4 Å². The molecule has 0 fully saturated rings. The predicted octanol–water partition coefficient (Wildman–Crippen LogP) is 2.38. The summed E-state index contributed by atoms with van der Waals surface area (Å²) in [5, 5.41) is 14.8. The molecule has 0 aliphatic heterocycles. The summed E-state index contributed by atoms with van der Waals surface area (Å²) in [4.78, 5) is 38.6. The first-order chi connectivity index (χ1) is 15.6. The number of fused-ring (bicyclic) bond motifs is 1. The summed E-state index contributed by atoms with van der Waals surface area (Å²) in [5.74, 6) is -2.18. The molecule has 0 saturated heterocycles. The number of nitrogens with one attached hydrogen (secondary N) is 3. The van der Waals surface area contributed by atoms with Crippen LogP contribution in [0.25, 0.3) is 0 Å². The molecule has 1 aromatic carbocycles.